The molecule has 0 spiro atoms. The van der Waals surface area contributed by atoms with Crippen LogP contribution in [-0.4, -0.2) is 34.0 Å². The third kappa shape index (κ3) is 8.60. The van der Waals surface area contributed by atoms with Gasteiger partial charge in [-0.15, -0.1) is 11.8 Å². The van der Waals surface area contributed by atoms with Crippen LogP contribution < -0.4 is 5.32 Å². The molecule has 0 heterocycles. The summed E-state index contributed by atoms with van der Waals surface area (Å²) in [5.74, 6) is -0.150. The monoisotopic (exact) mass is 528 g/mol. The first-order valence-electron chi connectivity index (χ1n) is 11.4. The SMILES string of the molecule is CC(C)(C)NC(=O)[C@H](Cc1ccccc1)N(Cc1ccc(Cl)cc1Cl)C(=O)CSc1ccccc1. The molecule has 3 rings (SSSR count). The molecule has 184 valence electrons. The predicted octanol–water partition coefficient (Wildman–Crippen LogP) is 6.64. The summed E-state index contributed by atoms with van der Waals surface area (Å²) >= 11 is 14.0. The number of carbonyl (C=O) groups is 2. The number of thioether (sulfide) groups is 1. The van der Waals surface area contributed by atoms with E-state index in [9.17, 15) is 9.59 Å². The molecule has 7 heteroatoms. The van der Waals surface area contributed by atoms with Crippen molar-refractivity contribution in [3.05, 3.63) is 100 Å². The van der Waals surface area contributed by atoms with Crippen LogP contribution in [0.4, 0.5) is 0 Å². The average molecular weight is 530 g/mol. The summed E-state index contributed by atoms with van der Waals surface area (Å²) in [5, 5.41) is 4.04. The molecular weight excluding hydrogens is 499 g/mol. The van der Waals surface area contributed by atoms with Crippen molar-refractivity contribution in [2.45, 2.75) is 50.2 Å². The number of carbonyl (C=O) groups excluding carboxylic acids is 2. The molecule has 4 nitrogen and oxygen atoms in total. The van der Waals surface area contributed by atoms with Crippen molar-refractivity contribution in [3.8, 4) is 0 Å². The van der Waals surface area contributed by atoms with E-state index in [-0.39, 0.29) is 24.1 Å². The molecule has 0 unspecified atom stereocenters. The predicted molar refractivity (Wildman–Crippen MR) is 146 cm³/mol. The van der Waals surface area contributed by atoms with Crippen LogP contribution in [0.5, 0.6) is 0 Å². The van der Waals surface area contributed by atoms with Crippen molar-refractivity contribution in [2.24, 2.45) is 0 Å². The lowest BCUT2D eigenvalue weighted by atomic mass is 10.0. The Hall–Kier alpha value is -2.47. The molecule has 0 saturated carbocycles. The minimum absolute atomic E-state index is 0.144. The first-order chi connectivity index (χ1) is 16.6. The van der Waals surface area contributed by atoms with E-state index >= 15 is 0 Å². The van der Waals surface area contributed by atoms with Crippen molar-refractivity contribution in [1.82, 2.24) is 10.2 Å². The fraction of sp³-hybridized carbons (Fsp3) is 0.286. The molecule has 0 aliphatic heterocycles. The highest BCUT2D eigenvalue weighted by atomic mass is 35.5. The number of benzene rings is 3. The quantitative estimate of drug-likeness (QED) is 0.316. The third-order valence-electron chi connectivity index (χ3n) is 5.23. The Kier molecular flexibility index (Phi) is 9.67. The summed E-state index contributed by atoms with van der Waals surface area (Å²) in [4.78, 5) is 29.8. The van der Waals surface area contributed by atoms with Crippen LogP contribution >= 0.6 is 35.0 Å². The van der Waals surface area contributed by atoms with Crippen LogP contribution in [0.25, 0.3) is 0 Å². The van der Waals surface area contributed by atoms with Gasteiger partial charge in [-0.2, -0.15) is 0 Å². The second-order valence-electron chi connectivity index (χ2n) is 9.30. The fourth-order valence-electron chi connectivity index (χ4n) is 3.59. The van der Waals surface area contributed by atoms with Gasteiger partial charge in [-0.05, 0) is 56.2 Å². The van der Waals surface area contributed by atoms with Crippen molar-refractivity contribution < 1.29 is 9.59 Å². The maximum Gasteiger partial charge on any atom is 0.243 e. The lowest BCUT2D eigenvalue weighted by Crippen LogP contribution is -2.54. The first kappa shape index (κ1) is 27.1. The molecule has 35 heavy (non-hydrogen) atoms. The van der Waals surface area contributed by atoms with Crippen LogP contribution in [0.2, 0.25) is 10.0 Å². The Morgan fingerprint density at radius 3 is 2.17 bits per heavy atom. The molecule has 3 aromatic carbocycles. The third-order valence-corrected chi connectivity index (χ3v) is 6.81. The molecule has 0 aliphatic rings. The molecule has 1 N–H and O–H groups in total. The number of amides is 2. The van der Waals surface area contributed by atoms with E-state index < -0.39 is 11.6 Å². The number of halogens is 2. The lowest BCUT2D eigenvalue weighted by Gasteiger charge is -2.34. The van der Waals surface area contributed by atoms with E-state index in [4.69, 9.17) is 23.2 Å². The van der Waals surface area contributed by atoms with Crippen molar-refractivity contribution in [1.29, 1.82) is 0 Å². The van der Waals surface area contributed by atoms with Crippen LogP contribution in [0.1, 0.15) is 31.9 Å². The second-order valence-corrected chi connectivity index (χ2v) is 11.2. The molecule has 0 aliphatic carbocycles. The number of hydrogen-bond acceptors (Lipinski definition) is 3. The Bertz CT molecular complexity index is 1130. The van der Waals surface area contributed by atoms with E-state index in [2.05, 4.69) is 5.32 Å². The number of rotatable bonds is 9. The minimum Gasteiger partial charge on any atom is -0.350 e. The maximum atomic E-state index is 13.7. The maximum absolute atomic E-state index is 13.7. The first-order valence-corrected chi connectivity index (χ1v) is 13.1. The van der Waals surface area contributed by atoms with E-state index in [0.29, 0.717) is 16.5 Å². The van der Waals surface area contributed by atoms with Crippen molar-refractivity contribution in [3.63, 3.8) is 0 Å². The molecule has 0 bridgehead atoms. The van der Waals surface area contributed by atoms with Gasteiger partial charge in [0.05, 0.1) is 5.75 Å². The molecule has 0 saturated heterocycles. The van der Waals surface area contributed by atoms with Crippen LogP contribution in [0, 0.1) is 0 Å². The van der Waals surface area contributed by atoms with Gasteiger partial charge >= 0.3 is 0 Å². The summed E-state index contributed by atoms with van der Waals surface area (Å²) in [6.45, 7) is 5.98. The summed E-state index contributed by atoms with van der Waals surface area (Å²) in [6, 6.07) is 24.0. The van der Waals surface area contributed by atoms with Crippen LogP contribution in [0.3, 0.4) is 0 Å². The molecule has 2 amide bonds. The smallest absolute Gasteiger partial charge is 0.243 e. The Labute approximate surface area is 222 Å². The molecule has 0 fully saturated rings. The van der Waals surface area contributed by atoms with Crippen molar-refractivity contribution in [2.75, 3.05) is 5.75 Å². The summed E-state index contributed by atoms with van der Waals surface area (Å²) in [5.41, 5.74) is 1.25. The minimum atomic E-state index is -0.716. The zero-order chi connectivity index (χ0) is 25.4. The van der Waals surface area contributed by atoms with Gasteiger partial charge in [-0.1, -0.05) is 77.8 Å². The highest BCUT2D eigenvalue weighted by Crippen LogP contribution is 2.26. The molecular formula is C28H30Cl2N2O2S. The summed E-state index contributed by atoms with van der Waals surface area (Å²) in [7, 11) is 0. The van der Waals surface area contributed by atoms with E-state index in [1.807, 2.05) is 81.4 Å². The second kappa shape index (κ2) is 12.5. The van der Waals surface area contributed by atoms with Gasteiger partial charge in [-0.3, -0.25) is 9.59 Å². The van der Waals surface area contributed by atoms with Gasteiger partial charge in [0.1, 0.15) is 6.04 Å². The van der Waals surface area contributed by atoms with Gasteiger partial charge in [0, 0.05) is 33.4 Å². The van der Waals surface area contributed by atoms with Gasteiger partial charge in [0.15, 0.2) is 0 Å². The largest absolute Gasteiger partial charge is 0.350 e. The van der Waals surface area contributed by atoms with E-state index in [1.165, 1.54) is 11.8 Å². The highest BCUT2D eigenvalue weighted by Gasteiger charge is 2.32. The lowest BCUT2D eigenvalue weighted by molar-refractivity contribution is -0.140. The van der Waals surface area contributed by atoms with Gasteiger partial charge in [-0.25, -0.2) is 0 Å². The summed E-state index contributed by atoms with van der Waals surface area (Å²) < 4.78 is 0. The van der Waals surface area contributed by atoms with Crippen LogP contribution in [0.15, 0.2) is 83.8 Å². The number of hydrogen-bond donors (Lipinski definition) is 1. The molecule has 3 aromatic rings. The highest BCUT2D eigenvalue weighted by molar-refractivity contribution is 8.00. The fourth-order valence-corrected chi connectivity index (χ4v) is 4.86. The summed E-state index contributed by atoms with van der Waals surface area (Å²) in [6.07, 6.45) is 0.385. The van der Waals surface area contributed by atoms with Gasteiger partial charge in [0.25, 0.3) is 0 Å². The Morgan fingerprint density at radius 2 is 1.57 bits per heavy atom. The number of nitrogens with one attached hydrogen (secondary N) is 1. The van der Waals surface area contributed by atoms with E-state index in [1.54, 1.807) is 23.1 Å². The Balaban J connectivity index is 1.95. The van der Waals surface area contributed by atoms with Gasteiger partial charge in [0.2, 0.25) is 11.8 Å². The van der Waals surface area contributed by atoms with E-state index in [0.717, 1.165) is 16.0 Å². The normalized spacial score (nSPS) is 12.1. The topological polar surface area (TPSA) is 49.4 Å². The Morgan fingerprint density at radius 1 is 0.943 bits per heavy atom. The number of nitrogens with zero attached hydrogens (tertiary/aromatic N) is 1. The van der Waals surface area contributed by atoms with Crippen molar-refractivity contribution >= 4 is 46.8 Å². The zero-order valence-electron chi connectivity index (χ0n) is 20.1. The zero-order valence-corrected chi connectivity index (χ0v) is 22.5. The average Bonchev–Trinajstić information content (AvgIpc) is 2.81. The standard InChI is InChI=1S/C28H30Cl2N2O2S/c1-28(2,3)31-27(34)25(16-20-10-6-4-7-11-20)32(18-21-14-15-22(29)17-24(21)30)26(33)19-35-23-12-8-5-9-13-23/h4-15,17,25H,16,18-19H2,1-3H3,(H,31,34)/t25-/m0/s1. The molecule has 0 aromatic heterocycles. The molecule has 0 radical (unpaired) electrons. The van der Waals surface area contributed by atoms with Crippen LogP contribution in [-0.2, 0) is 22.6 Å². The molecule has 1 atom stereocenters. The van der Waals surface area contributed by atoms with Gasteiger partial charge < -0.3 is 10.2 Å².